The summed E-state index contributed by atoms with van der Waals surface area (Å²) in [6, 6.07) is 12.6. The third-order valence-electron chi connectivity index (χ3n) is 2.67. The van der Waals surface area contributed by atoms with Crippen molar-refractivity contribution in [3.05, 3.63) is 48.0 Å². The number of aromatic hydroxyl groups is 2. The summed E-state index contributed by atoms with van der Waals surface area (Å²) in [7, 11) is 0. The molecule has 0 bridgehead atoms. The van der Waals surface area contributed by atoms with Gasteiger partial charge >= 0.3 is 0 Å². The zero-order valence-electron chi connectivity index (χ0n) is 9.14. The van der Waals surface area contributed by atoms with E-state index in [0.717, 1.165) is 17.5 Å². The maximum atomic E-state index is 9.80. The van der Waals surface area contributed by atoms with Crippen molar-refractivity contribution in [3.63, 3.8) is 0 Å². The van der Waals surface area contributed by atoms with Crippen LogP contribution in [0.15, 0.2) is 42.5 Å². The molecule has 0 radical (unpaired) electrons. The third-order valence-corrected chi connectivity index (χ3v) is 2.67. The second kappa shape index (κ2) is 4.27. The lowest BCUT2D eigenvalue weighted by atomic mass is 9.97. The van der Waals surface area contributed by atoms with E-state index in [1.807, 2.05) is 24.3 Å². The Bertz CT molecular complexity index is 504. The van der Waals surface area contributed by atoms with Crippen LogP contribution in [0.4, 0.5) is 0 Å². The van der Waals surface area contributed by atoms with Crippen LogP contribution in [0.25, 0.3) is 11.1 Å². The number of rotatable bonds is 2. The lowest BCUT2D eigenvalue weighted by molar-refractivity contribution is 0.452. The Morgan fingerprint density at radius 2 is 1.69 bits per heavy atom. The van der Waals surface area contributed by atoms with Crippen LogP contribution < -0.4 is 0 Å². The summed E-state index contributed by atoms with van der Waals surface area (Å²) in [5.41, 5.74) is 2.96. The summed E-state index contributed by atoms with van der Waals surface area (Å²) in [5, 5.41) is 19.1. The van der Waals surface area contributed by atoms with E-state index >= 15 is 0 Å². The van der Waals surface area contributed by atoms with E-state index in [1.54, 1.807) is 12.1 Å². The molecule has 0 spiro atoms. The van der Waals surface area contributed by atoms with Crippen LogP contribution in [0, 0.1) is 0 Å². The number of aryl methyl sites for hydroxylation is 1. The molecule has 2 aromatic carbocycles. The number of benzene rings is 2. The van der Waals surface area contributed by atoms with Crippen molar-refractivity contribution in [3.8, 4) is 22.6 Å². The fraction of sp³-hybridized carbons (Fsp3) is 0.143. The Morgan fingerprint density at radius 1 is 0.938 bits per heavy atom. The van der Waals surface area contributed by atoms with Gasteiger partial charge in [-0.15, -0.1) is 0 Å². The molecule has 0 unspecified atom stereocenters. The average Bonchev–Trinajstić information content (AvgIpc) is 2.29. The topological polar surface area (TPSA) is 40.5 Å². The standard InChI is InChI=1S/C14H14O2/c1-2-10-5-3-4-6-12(10)13-8-7-11(15)9-14(13)16/h3-9,15-16H,2H2,1H3. The molecule has 0 atom stereocenters. The Hall–Kier alpha value is -1.96. The number of phenolic OH excluding ortho intramolecular Hbond substituents is 2. The van der Waals surface area contributed by atoms with Crippen molar-refractivity contribution < 1.29 is 10.2 Å². The Kier molecular flexibility index (Phi) is 2.82. The second-order valence-corrected chi connectivity index (χ2v) is 3.71. The zero-order chi connectivity index (χ0) is 11.5. The van der Waals surface area contributed by atoms with Crippen LogP contribution in [0.3, 0.4) is 0 Å². The minimum Gasteiger partial charge on any atom is -0.508 e. The van der Waals surface area contributed by atoms with E-state index in [2.05, 4.69) is 6.92 Å². The summed E-state index contributed by atoms with van der Waals surface area (Å²) < 4.78 is 0. The highest BCUT2D eigenvalue weighted by Crippen LogP contribution is 2.34. The molecule has 0 saturated carbocycles. The highest BCUT2D eigenvalue weighted by atomic mass is 16.3. The molecular weight excluding hydrogens is 200 g/mol. The number of phenols is 2. The molecule has 2 rings (SSSR count). The molecule has 0 amide bonds. The first-order valence-electron chi connectivity index (χ1n) is 5.32. The van der Waals surface area contributed by atoms with E-state index in [0.29, 0.717) is 0 Å². The Labute approximate surface area is 94.8 Å². The van der Waals surface area contributed by atoms with E-state index in [-0.39, 0.29) is 11.5 Å². The van der Waals surface area contributed by atoms with Gasteiger partial charge in [0.2, 0.25) is 0 Å². The van der Waals surface area contributed by atoms with Crippen LogP contribution in [0.1, 0.15) is 12.5 Å². The SMILES string of the molecule is CCc1ccccc1-c1ccc(O)cc1O. The van der Waals surface area contributed by atoms with Gasteiger partial charge in [-0.2, -0.15) is 0 Å². The van der Waals surface area contributed by atoms with Crippen molar-refractivity contribution in [2.24, 2.45) is 0 Å². The Balaban J connectivity index is 2.58. The summed E-state index contributed by atoms with van der Waals surface area (Å²) in [6.07, 6.45) is 0.913. The fourth-order valence-corrected chi connectivity index (χ4v) is 1.84. The van der Waals surface area contributed by atoms with Crippen LogP contribution in [0.5, 0.6) is 11.5 Å². The second-order valence-electron chi connectivity index (χ2n) is 3.71. The molecule has 2 nitrogen and oxygen atoms in total. The Morgan fingerprint density at radius 3 is 2.38 bits per heavy atom. The van der Waals surface area contributed by atoms with Crippen molar-refractivity contribution >= 4 is 0 Å². The summed E-state index contributed by atoms with van der Waals surface area (Å²) in [4.78, 5) is 0. The van der Waals surface area contributed by atoms with Gasteiger partial charge in [-0.05, 0) is 29.7 Å². The van der Waals surface area contributed by atoms with Crippen LogP contribution in [0.2, 0.25) is 0 Å². The van der Waals surface area contributed by atoms with Gasteiger partial charge in [0.1, 0.15) is 11.5 Å². The van der Waals surface area contributed by atoms with E-state index in [4.69, 9.17) is 0 Å². The van der Waals surface area contributed by atoms with Gasteiger partial charge in [0.05, 0.1) is 0 Å². The minimum absolute atomic E-state index is 0.0789. The summed E-state index contributed by atoms with van der Waals surface area (Å²) in [5.74, 6) is 0.191. The molecule has 2 heteroatoms. The highest BCUT2D eigenvalue weighted by molar-refractivity contribution is 5.73. The smallest absolute Gasteiger partial charge is 0.127 e. The van der Waals surface area contributed by atoms with Gasteiger partial charge in [-0.1, -0.05) is 31.2 Å². The molecule has 16 heavy (non-hydrogen) atoms. The van der Waals surface area contributed by atoms with E-state index in [9.17, 15) is 10.2 Å². The van der Waals surface area contributed by atoms with Crippen molar-refractivity contribution in [1.82, 2.24) is 0 Å². The van der Waals surface area contributed by atoms with Crippen molar-refractivity contribution in [2.45, 2.75) is 13.3 Å². The van der Waals surface area contributed by atoms with E-state index < -0.39 is 0 Å². The summed E-state index contributed by atoms with van der Waals surface area (Å²) >= 11 is 0. The van der Waals surface area contributed by atoms with Crippen LogP contribution in [-0.2, 0) is 6.42 Å². The molecule has 0 heterocycles. The maximum Gasteiger partial charge on any atom is 0.127 e. The summed E-state index contributed by atoms with van der Waals surface area (Å²) in [6.45, 7) is 2.08. The number of hydrogen-bond acceptors (Lipinski definition) is 2. The normalized spacial score (nSPS) is 10.3. The highest BCUT2D eigenvalue weighted by Gasteiger charge is 2.08. The monoisotopic (exact) mass is 214 g/mol. The van der Waals surface area contributed by atoms with Gasteiger partial charge in [-0.25, -0.2) is 0 Å². The first kappa shape index (κ1) is 10.6. The van der Waals surface area contributed by atoms with Gasteiger partial charge in [-0.3, -0.25) is 0 Å². The van der Waals surface area contributed by atoms with Crippen molar-refractivity contribution in [1.29, 1.82) is 0 Å². The van der Waals surface area contributed by atoms with Gasteiger partial charge < -0.3 is 10.2 Å². The largest absolute Gasteiger partial charge is 0.508 e. The molecule has 82 valence electrons. The van der Waals surface area contributed by atoms with Gasteiger partial charge in [0, 0.05) is 11.6 Å². The zero-order valence-corrected chi connectivity index (χ0v) is 9.14. The minimum atomic E-state index is 0.0789. The predicted octanol–water partition coefficient (Wildman–Crippen LogP) is 3.33. The number of hydrogen-bond donors (Lipinski definition) is 2. The molecule has 0 aliphatic rings. The molecule has 0 saturated heterocycles. The first-order valence-corrected chi connectivity index (χ1v) is 5.32. The fourth-order valence-electron chi connectivity index (χ4n) is 1.84. The quantitative estimate of drug-likeness (QED) is 0.805. The van der Waals surface area contributed by atoms with Gasteiger partial charge in [0.25, 0.3) is 0 Å². The molecule has 0 aliphatic heterocycles. The van der Waals surface area contributed by atoms with E-state index in [1.165, 1.54) is 11.6 Å². The van der Waals surface area contributed by atoms with Crippen molar-refractivity contribution in [2.75, 3.05) is 0 Å². The first-order chi connectivity index (χ1) is 7.72. The molecule has 0 fully saturated rings. The molecule has 0 aromatic heterocycles. The molecular formula is C14H14O2. The van der Waals surface area contributed by atoms with Crippen LogP contribution >= 0.6 is 0 Å². The predicted molar refractivity (Wildman–Crippen MR) is 64.6 cm³/mol. The van der Waals surface area contributed by atoms with Gasteiger partial charge in [0.15, 0.2) is 0 Å². The average molecular weight is 214 g/mol. The third kappa shape index (κ3) is 1.87. The molecule has 0 aliphatic carbocycles. The maximum absolute atomic E-state index is 9.80. The lowest BCUT2D eigenvalue weighted by Gasteiger charge is -2.09. The molecule has 2 aromatic rings. The van der Waals surface area contributed by atoms with Crippen LogP contribution in [-0.4, -0.2) is 10.2 Å². The lowest BCUT2D eigenvalue weighted by Crippen LogP contribution is -1.87. The molecule has 2 N–H and O–H groups in total.